The number of unbranched alkanes of at least 4 members (excludes halogenated alkanes) is 2. The molecule has 3 nitrogen and oxygen atoms in total. The molecule has 29 heavy (non-hydrogen) atoms. The van der Waals surface area contributed by atoms with Gasteiger partial charge in [0, 0.05) is 0 Å². The van der Waals surface area contributed by atoms with Crippen molar-refractivity contribution in [3.05, 3.63) is 59.2 Å². The summed E-state index contributed by atoms with van der Waals surface area (Å²) in [5.41, 5.74) is 7.24. The molecular weight excluding hydrogens is 356 g/mol. The fourth-order valence-electron chi connectivity index (χ4n) is 3.83. The Labute approximate surface area is 178 Å². The van der Waals surface area contributed by atoms with Crippen LogP contribution in [0.1, 0.15) is 56.2 Å². The molecule has 0 amide bonds. The normalized spacial score (nSPS) is 11.1. The van der Waals surface area contributed by atoms with Crippen LogP contribution in [0.25, 0.3) is 11.1 Å². The number of nitrogens with zero attached hydrogens (tertiary/aromatic N) is 1. The summed E-state index contributed by atoms with van der Waals surface area (Å²) in [7, 11) is 2.02. The number of carbonyl (C=O) groups is 1. The third kappa shape index (κ3) is 8.12. The molecule has 0 saturated carbocycles. The minimum Gasteiger partial charge on any atom is -0.320 e. The van der Waals surface area contributed by atoms with Crippen LogP contribution in [0.3, 0.4) is 0 Å². The van der Waals surface area contributed by atoms with Crippen molar-refractivity contribution in [3.63, 3.8) is 0 Å². The van der Waals surface area contributed by atoms with Crippen molar-refractivity contribution in [3.8, 4) is 11.1 Å². The third-order valence-corrected chi connectivity index (χ3v) is 5.45. The first-order valence-electron chi connectivity index (χ1n) is 11.0. The summed E-state index contributed by atoms with van der Waals surface area (Å²) < 4.78 is 0. The average molecular weight is 397 g/mol. The molecule has 0 radical (unpaired) electrons. The molecule has 0 aromatic heterocycles. The van der Waals surface area contributed by atoms with Crippen LogP contribution >= 0.6 is 0 Å². The number of carbonyl (C=O) groups excluding carboxylic acids is 1. The summed E-state index contributed by atoms with van der Waals surface area (Å²) in [5, 5.41) is 3.18. The van der Waals surface area contributed by atoms with Gasteiger partial charge in [0.2, 0.25) is 0 Å². The van der Waals surface area contributed by atoms with E-state index in [-0.39, 0.29) is 0 Å². The van der Waals surface area contributed by atoms with E-state index in [1.807, 2.05) is 13.8 Å². The molecule has 0 bridgehead atoms. The van der Waals surface area contributed by atoms with Crippen molar-refractivity contribution < 1.29 is 4.79 Å². The van der Waals surface area contributed by atoms with E-state index < -0.39 is 0 Å². The average Bonchev–Trinajstić information content (AvgIpc) is 3.15. The predicted octanol–water partition coefficient (Wildman–Crippen LogP) is 5.49. The van der Waals surface area contributed by atoms with Crippen molar-refractivity contribution in [1.29, 1.82) is 0 Å². The molecule has 1 N–H and O–H groups in total. The molecule has 2 aromatic carbocycles. The maximum atomic E-state index is 8.00. The highest BCUT2D eigenvalue weighted by Gasteiger charge is 2.18. The molecule has 0 aliphatic heterocycles. The van der Waals surface area contributed by atoms with Crippen LogP contribution in [0, 0.1) is 6.92 Å². The second kappa shape index (κ2) is 14.9. The second-order valence-corrected chi connectivity index (χ2v) is 7.54. The number of nitrogens with one attached hydrogen (secondary N) is 1. The fraction of sp³-hybridized carbons (Fsp3) is 0.500. The standard InChI is InChI=1S/C14H12.C11H26N2.CH2O/c1-10-5-4-7-12-9-11-6-2-3-8-13(11)14(10)12;1-4-6-10-13(5-2)11-8-7-9-12-3;1-2/h2-8H,9H2,1H3;12H,4-11H2,1-3H3;1H2. The quantitative estimate of drug-likeness (QED) is 0.485. The summed E-state index contributed by atoms with van der Waals surface area (Å²) in [6, 6.07) is 15.3. The highest BCUT2D eigenvalue weighted by atomic mass is 16.1. The van der Waals surface area contributed by atoms with E-state index in [0.717, 1.165) is 13.0 Å². The van der Waals surface area contributed by atoms with E-state index in [1.165, 1.54) is 73.1 Å². The molecule has 0 atom stereocenters. The lowest BCUT2D eigenvalue weighted by molar-refractivity contribution is -0.0979. The van der Waals surface area contributed by atoms with E-state index in [0.29, 0.717) is 0 Å². The smallest absolute Gasteiger partial charge is 0.106 e. The Hall–Kier alpha value is -1.97. The van der Waals surface area contributed by atoms with Crippen LogP contribution in [-0.4, -0.2) is 44.9 Å². The highest BCUT2D eigenvalue weighted by Crippen LogP contribution is 2.38. The molecule has 0 saturated heterocycles. The molecule has 2 aromatic rings. The number of rotatable bonds is 9. The van der Waals surface area contributed by atoms with Crippen molar-refractivity contribution in [1.82, 2.24) is 10.2 Å². The largest absolute Gasteiger partial charge is 0.320 e. The van der Waals surface area contributed by atoms with E-state index in [9.17, 15) is 0 Å². The molecule has 0 spiro atoms. The van der Waals surface area contributed by atoms with Gasteiger partial charge >= 0.3 is 0 Å². The molecule has 0 unspecified atom stereocenters. The Morgan fingerprint density at radius 1 is 0.931 bits per heavy atom. The monoisotopic (exact) mass is 396 g/mol. The number of fused-ring (bicyclic) bond motifs is 3. The Bertz CT molecular complexity index is 699. The minimum atomic E-state index is 1.10. The van der Waals surface area contributed by atoms with Gasteiger partial charge in [-0.1, -0.05) is 62.7 Å². The Morgan fingerprint density at radius 3 is 2.31 bits per heavy atom. The van der Waals surface area contributed by atoms with Gasteiger partial charge in [-0.15, -0.1) is 0 Å². The summed E-state index contributed by atoms with van der Waals surface area (Å²) >= 11 is 0. The van der Waals surface area contributed by atoms with Gasteiger partial charge in [0.25, 0.3) is 0 Å². The van der Waals surface area contributed by atoms with E-state index in [1.54, 1.807) is 0 Å². The van der Waals surface area contributed by atoms with Gasteiger partial charge in [-0.3, -0.25) is 0 Å². The van der Waals surface area contributed by atoms with Gasteiger partial charge < -0.3 is 15.0 Å². The minimum absolute atomic E-state index is 1.10. The molecule has 3 rings (SSSR count). The van der Waals surface area contributed by atoms with Crippen LogP contribution < -0.4 is 5.32 Å². The Kier molecular flexibility index (Phi) is 12.9. The van der Waals surface area contributed by atoms with Crippen molar-refractivity contribution in [2.45, 2.75) is 52.9 Å². The van der Waals surface area contributed by atoms with E-state index in [4.69, 9.17) is 4.79 Å². The van der Waals surface area contributed by atoms with Gasteiger partial charge in [-0.05, 0) is 93.7 Å². The molecule has 1 aliphatic carbocycles. The van der Waals surface area contributed by atoms with E-state index >= 15 is 0 Å². The first-order chi connectivity index (χ1) is 14.2. The van der Waals surface area contributed by atoms with Gasteiger partial charge in [0.15, 0.2) is 0 Å². The van der Waals surface area contributed by atoms with Crippen molar-refractivity contribution in [2.24, 2.45) is 0 Å². The molecule has 160 valence electrons. The molecule has 0 heterocycles. The van der Waals surface area contributed by atoms with Crippen molar-refractivity contribution in [2.75, 3.05) is 33.2 Å². The molecule has 1 aliphatic rings. The van der Waals surface area contributed by atoms with Gasteiger partial charge in [0.1, 0.15) is 6.79 Å². The predicted molar refractivity (Wildman–Crippen MR) is 127 cm³/mol. The molecule has 3 heteroatoms. The van der Waals surface area contributed by atoms with Gasteiger partial charge in [-0.25, -0.2) is 0 Å². The summed E-state index contributed by atoms with van der Waals surface area (Å²) in [4.78, 5) is 10.6. The van der Waals surface area contributed by atoms with Crippen LogP contribution in [0.2, 0.25) is 0 Å². The van der Waals surface area contributed by atoms with Crippen molar-refractivity contribution >= 4 is 6.79 Å². The fourth-order valence-corrected chi connectivity index (χ4v) is 3.83. The summed E-state index contributed by atoms with van der Waals surface area (Å²) in [6.07, 6.45) is 6.40. The number of benzene rings is 2. The number of hydrogen-bond acceptors (Lipinski definition) is 3. The molecular formula is C26H40N2O. The second-order valence-electron chi connectivity index (χ2n) is 7.54. The van der Waals surface area contributed by atoms with Crippen LogP contribution in [0.15, 0.2) is 42.5 Å². The summed E-state index contributed by atoms with van der Waals surface area (Å²) in [6.45, 7) is 13.6. The number of aryl methyl sites for hydroxylation is 1. The van der Waals surface area contributed by atoms with Crippen LogP contribution in [0.4, 0.5) is 0 Å². The first-order valence-corrected chi connectivity index (χ1v) is 11.0. The van der Waals surface area contributed by atoms with Crippen LogP contribution in [-0.2, 0) is 11.2 Å². The maximum Gasteiger partial charge on any atom is 0.106 e. The first kappa shape index (κ1) is 25.1. The maximum absolute atomic E-state index is 8.00. The zero-order chi connectivity index (χ0) is 21.5. The Balaban J connectivity index is 0.000000269. The molecule has 0 fully saturated rings. The zero-order valence-electron chi connectivity index (χ0n) is 19.0. The topological polar surface area (TPSA) is 32.3 Å². The lowest BCUT2D eigenvalue weighted by atomic mass is 10.0. The van der Waals surface area contributed by atoms with E-state index in [2.05, 4.69) is 73.5 Å². The third-order valence-electron chi connectivity index (χ3n) is 5.45. The lowest BCUT2D eigenvalue weighted by Gasteiger charge is -2.19. The summed E-state index contributed by atoms with van der Waals surface area (Å²) in [5.74, 6) is 0. The lowest BCUT2D eigenvalue weighted by Crippen LogP contribution is -2.26. The Morgan fingerprint density at radius 2 is 1.62 bits per heavy atom. The number of hydrogen-bond donors (Lipinski definition) is 1. The zero-order valence-corrected chi connectivity index (χ0v) is 19.0. The SMILES string of the molecule is C=O.CCCCN(CC)CCCCNC.Cc1cccc2c1-c1ccccc1C2. The van der Waals surface area contributed by atoms with Gasteiger partial charge in [0.05, 0.1) is 0 Å². The van der Waals surface area contributed by atoms with Crippen LogP contribution in [0.5, 0.6) is 0 Å². The highest BCUT2D eigenvalue weighted by molar-refractivity contribution is 5.79. The van der Waals surface area contributed by atoms with Gasteiger partial charge in [-0.2, -0.15) is 0 Å².